The number of fused-ring (bicyclic) bond motifs is 1. The van der Waals surface area contributed by atoms with Crippen LogP contribution in [0.3, 0.4) is 0 Å². The first-order valence-electron chi connectivity index (χ1n) is 6.21. The SMILES string of the molecule is COc1cc(S(=O)(=O)Nc2nc3ccccc3s2)ccc1Cl. The first kappa shape index (κ1) is 15.1. The maximum absolute atomic E-state index is 12.4. The zero-order valence-corrected chi connectivity index (χ0v) is 13.8. The van der Waals surface area contributed by atoms with Crippen molar-refractivity contribution in [1.82, 2.24) is 4.98 Å². The van der Waals surface area contributed by atoms with Crippen LogP contribution in [-0.2, 0) is 10.0 Å². The second-order valence-corrected chi connectivity index (χ2v) is 7.51. The molecule has 0 fully saturated rings. The smallest absolute Gasteiger partial charge is 0.263 e. The zero-order valence-electron chi connectivity index (χ0n) is 11.4. The second kappa shape index (κ2) is 5.75. The molecule has 114 valence electrons. The van der Waals surface area contributed by atoms with Gasteiger partial charge in [-0.25, -0.2) is 13.4 Å². The van der Waals surface area contributed by atoms with E-state index in [0.29, 0.717) is 15.9 Å². The minimum Gasteiger partial charge on any atom is -0.495 e. The fourth-order valence-electron chi connectivity index (χ4n) is 1.90. The quantitative estimate of drug-likeness (QED) is 0.774. The Kier molecular flexibility index (Phi) is 3.94. The van der Waals surface area contributed by atoms with Crippen LogP contribution in [0.15, 0.2) is 47.4 Å². The van der Waals surface area contributed by atoms with Crippen LogP contribution in [0.2, 0.25) is 5.02 Å². The first-order chi connectivity index (χ1) is 10.5. The summed E-state index contributed by atoms with van der Waals surface area (Å²) in [6.45, 7) is 0. The molecule has 1 N–H and O–H groups in total. The largest absolute Gasteiger partial charge is 0.495 e. The molecular weight excluding hydrogens is 344 g/mol. The number of nitrogens with zero attached hydrogens (tertiary/aromatic N) is 1. The van der Waals surface area contributed by atoms with E-state index < -0.39 is 10.0 Å². The molecule has 1 aromatic heterocycles. The second-order valence-electron chi connectivity index (χ2n) is 4.39. The third kappa shape index (κ3) is 2.87. The summed E-state index contributed by atoms with van der Waals surface area (Å²) >= 11 is 7.18. The maximum atomic E-state index is 12.4. The molecule has 0 saturated heterocycles. The van der Waals surface area contributed by atoms with Crippen molar-refractivity contribution in [2.24, 2.45) is 0 Å². The molecule has 0 spiro atoms. The van der Waals surface area contributed by atoms with Crippen molar-refractivity contribution in [3.63, 3.8) is 0 Å². The number of hydrogen-bond acceptors (Lipinski definition) is 5. The highest BCUT2D eigenvalue weighted by molar-refractivity contribution is 7.93. The highest BCUT2D eigenvalue weighted by atomic mass is 35.5. The van der Waals surface area contributed by atoms with Crippen LogP contribution in [-0.4, -0.2) is 20.5 Å². The molecule has 0 bridgehead atoms. The number of methoxy groups -OCH3 is 1. The van der Waals surface area contributed by atoms with Crippen molar-refractivity contribution in [3.8, 4) is 5.75 Å². The van der Waals surface area contributed by atoms with E-state index in [-0.39, 0.29) is 4.90 Å². The number of nitrogens with one attached hydrogen (secondary N) is 1. The van der Waals surface area contributed by atoms with Gasteiger partial charge < -0.3 is 4.74 Å². The van der Waals surface area contributed by atoms with Crippen LogP contribution in [0.25, 0.3) is 10.2 Å². The Labute approximate surface area is 136 Å². The van der Waals surface area contributed by atoms with Crippen molar-refractivity contribution >= 4 is 48.3 Å². The molecule has 0 radical (unpaired) electrons. The number of rotatable bonds is 4. The standard InChI is InChI=1S/C14H11ClN2O3S2/c1-20-12-8-9(6-7-10(12)15)22(18,19)17-14-16-11-4-2-3-5-13(11)21-14/h2-8H,1H3,(H,16,17). The van der Waals surface area contributed by atoms with Crippen LogP contribution in [0.1, 0.15) is 0 Å². The van der Waals surface area contributed by atoms with Gasteiger partial charge in [-0.05, 0) is 24.3 Å². The Morgan fingerprint density at radius 1 is 1.23 bits per heavy atom. The highest BCUT2D eigenvalue weighted by Crippen LogP contribution is 2.30. The minimum absolute atomic E-state index is 0.0630. The third-order valence-corrected chi connectivity index (χ3v) is 5.68. The highest BCUT2D eigenvalue weighted by Gasteiger charge is 2.18. The number of halogens is 1. The van der Waals surface area contributed by atoms with Gasteiger partial charge in [-0.2, -0.15) is 0 Å². The summed E-state index contributed by atoms with van der Waals surface area (Å²) in [4.78, 5) is 4.32. The van der Waals surface area contributed by atoms with Crippen LogP contribution in [0.5, 0.6) is 5.75 Å². The number of anilines is 1. The van der Waals surface area contributed by atoms with Gasteiger partial charge in [-0.15, -0.1) is 0 Å². The first-order valence-corrected chi connectivity index (χ1v) is 8.89. The van der Waals surface area contributed by atoms with E-state index in [1.54, 1.807) is 0 Å². The molecule has 0 unspecified atom stereocenters. The molecule has 3 rings (SSSR count). The summed E-state index contributed by atoms with van der Waals surface area (Å²) in [7, 11) is -2.32. The Morgan fingerprint density at radius 2 is 2.00 bits per heavy atom. The predicted octanol–water partition coefficient (Wildman–Crippen LogP) is 3.76. The molecule has 5 nitrogen and oxygen atoms in total. The molecule has 3 aromatic rings. The van der Waals surface area contributed by atoms with E-state index in [4.69, 9.17) is 16.3 Å². The van der Waals surface area contributed by atoms with Gasteiger partial charge in [0.2, 0.25) is 0 Å². The van der Waals surface area contributed by atoms with Crippen molar-refractivity contribution in [2.75, 3.05) is 11.8 Å². The molecule has 0 aliphatic rings. The van der Waals surface area contributed by atoms with Crippen LogP contribution in [0, 0.1) is 0 Å². The van der Waals surface area contributed by atoms with Gasteiger partial charge in [0.25, 0.3) is 10.0 Å². The molecule has 0 aliphatic heterocycles. The predicted molar refractivity (Wildman–Crippen MR) is 88.4 cm³/mol. The van der Waals surface area contributed by atoms with Crippen molar-refractivity contribution < 1.29 is 13.2 Å². The van der Waals surface area contributed by atoms with E-state index in [9.17, 15) is 8.42 Å². The topological polar surface area (TPSA) is 68.3 Å². The summed E-state index contributed by atoms with van der Waals surface area (Å²) in [6.07, 6.45) is 0. The lowest BCUT2D eigenvalue weighted by atomic mass is 10.3. The minimum atomic E-state index is -3.75. The average molecular weight is 355 g/mol. The molecule has 8 heteroatoms. The van der Waals surface area contributed by atoms with Crippen LogP contribution < -0.4 is 9.46 Å². The number of ether oxygens (including phenoxy) is 1. The lowest BCUT2D eigenvalue weighted by molar-refractivity contribution is 0.413. The summed E-state index contributed by atoms with van der Waals surface area (Å²) in [5.41, 5.74) is 0.749. The lowest BCUT2D eigenvalue weighted by Gasteiger charge is -2.08. The average Bonchev–Trinajstić information content (AvgIpc) is 2.88. The van der Waals surface area contributed by atoms with E-state index >= 15 is 0 Å². The molecule has 0 aliphatic carbocycles. The fraction of sp³-hybridized carbons (Fsp3) is 0.0714. The molecular formula is C14H11ClN2O3S2. The molecule has 1 heterocycles. The molecule has 2 aromatic carbocycles. The number of aromatic nitrogens is 1. The van der Waals surface area contributed by atoms with Gasteiger partial charge in [-0.3, -0.25) is 4.72 Å². The number of sulfonamides is 1. The monoisotopic (exact) mass is 354 g/mol. The van der Waals surface area contributed by atoms with E-state index in [1.807, 2.05) is 24.3 Å². The molecule has 22 heavy (non-hydrogen) atoms. The Balaban J connectivity index is 1.96. The van der Waals surface area contributed by atoms with Gasteiger partial charge in [-0.1, -0.05) is 35.1 Å². The molecule has 0 saturated carbocycles. The summed E-state index contributed by atoms with van der Waals surface area (Å²) < 4.78 is 33.3. The number of hydrogen-bond donors (Lipinski definition) is 1. The van der Waals surface area contributed by atoms with E-state index in [1.165, 1.54) is 36.6 Å². The summed E-state index contributed by atoms with van der Waals surface area (Å²) in [5.74, 6) is 0.300. The Hall–Kier alpha value is -1.83. The van der Waals surface area contributed by atoms with Crippen molar-refractivity contribution in [1.29, 1.82) is 0 Å². The van der Waals surface area contributed by atoms with Crippen molar-refractivity contribution in [2.45, 2.75) is 4.90 Å². The third-order valence-electron chi connectivity index (χ3n) is 2.95. The van der Waals surface area contributed by atoms with Crippen LogP contribution in [0.4, 0.5) is 5.13 Å². The zero-order chi connectivity index (χ0) is 15.7. The summed E-state index contributed by atoms with van der Waals surface area (Å²) in [6, 6.07) is 11.7. The number of thiazole rings is 1. The molecule has 0 amide bonds. The normalized spacial score (nSPS) is 11.5. The Morgan fingerprint density at radius 3 is 2.73 bits per heavy atom. The Bertz CT molecular complexity index is 905. The van der Waals surface area contributed by atoms with Gasteiger partial charge in [0.05, 0.1) is 27.2 Å². The number of para-hydroxylation sites is 1. The molecule has 0 atom stereocenters. The number of benzene rings is 2. The maximum Gasteiger partial charge on any atom is 0.263 e. The van der Waals surface area contributed by atoms with E-state index in [2.05, 4.69) is 9.71 Å². The fourth-order valence-corrected chi connectivity index (χ4v) is 4.21. The van der Waals surface area contributed by atoms with Gasteiger partial charge in [0.15, 0.2) is 5.13 Å². The van der Waals surface area contributed by atoms with Gasteiger partial charge in [0, 0.05) is 6.07 Å². The van der Waals surface area contributed by atoms with Crippen LogP contribution >= 0.6 is 22.9 Å². The van der Waals surface area contributed by atoms with Gasteiger partial charge >= 0.3 is 0 Å². The summed E-state index contributed by atoms with van der Waals surface area (Å²) in [5, 5.41) is 0.663. The van der Waals surface area contributed by atoms with Crippen molar-refractivity contribution in [3.05, 3.63) is 47.5 Å². The van der Waals surface area contributed by atoms with E-state index in [0.717, 1.165) is 10.2 Å². The van der Waals surface area contributed by atoms with Gasteiger partial charge in [0.1, 0.15) is 5.75 Å². The lowest BCUT2D eigenvalue weighted by Crippen LogP contribution is -2.12.